The Morgan fingerprint density at radius 1 is 1.07 bits per heavy atom. The third-order valence-electron chi connectivity index (χ3n) is 5.57. The van der Waals surface area contributed by atoms with Crippen LogP contribution in [0.3, 0.4) is 0 Å². The van der Waals surface area contributed by atoms with Gasteiger partial charge in [-0.2, -0.15) is 5.10 Å². The first kappa shape index (κ1) is 19.9. The highest BCUT2D eigenvalue weighted by molar-refractivity contribution is 6.00. The fourth-order valence-corrected chi connectivity index (χ4v) is 4.17. The van der Waals surface area contributed by atoms with Crippen molar-refractivity contribution in [3.8, 4) is 22.6 Å². The number of methoxy groups -OCH3 is 2. The molecule has 2 aromatic heterocycles. The van der Waals surface area contributed by atoms with E-state index in [1.165, 1.54) is 0 Å². The molecule has 0 spiro atoms. The van der Waals surface area contributed by atoms with Crippen molar-refractivity contribution in [2.24, 2.45) is 7.05 Å². The van der Waals surface area contributed by atoms with Crippen molar-refractivity contribution < 1.29 is 14.3 Å². The van der Waals surface area contributed by atoms with Crippen LogP contribution >= 0.6 is 0 Å². The van der Waals surface area contributed by atoms with Crippen molar-refractivity contribution in [3.63, 3.8) is 0 Å². The van der Waals surface area contributed by atoms with E-state index in [0.717, 1.165) is 36.1 Å². The number of amides is 1. The van der Waals surface area contributed by atoms with E-state index in [0.29, 0.717) is 23.6 Å². The van der Waals surface area contributed by atoms with Crippen LogP contribution in [0.4, 0.5) is 0 Å². The lowest BCUT2D eigenvalue weighted by atomic mass is 9.94. The topological polar surface area (TPSA) is 69.5 Å². The van der Waals surface area contributed by atoms with Gasteiger partial charge >= 0.3 is 0 Å². The zero-order valence-corrected chi connectivity index (χ0v) is 17.5. The molecule has 1 aliphatic heterocycles. The van der Waals surface area contributed by atoms with Gasteiger partial charge in [0.15, 0.2) is 0 Å². The number of hydrogen-bond acceptors (Lipinski definition) is 5. The Labute approximate surface area is 176 Å². The van der Waals surface area contributed by atoms with Crippen molar-refractivity contribution in [2.45, 2.75) is 25.3 Å². The van der Waals surface area contributed by atoms with Gasteiger partial charge < -0.3 is 14.4 Å². The SMILES string of the molecule is COc1cccc(OC)c1C(=O)N1CCCCC1c1nn(C)cc1-c1ccncc1. The molecule has 1 atom stereocenters. The average molecular weight is 406 g/mol. The highest BCUT2D eigenvalue weighted by Gasteiger charge is 2.34. The first-order chi connectivity index (χ1) is 14.6. The quantitative estimate of drug-likeness (QED) is 0.643. The third kappa shape index (κ3) is 3.63. The molecule has 0 saturated carbocycles. The van der Waals surface area contributed by atoms with Crippen LogP contribution in [-0.2, 0) is 7.05 Å². The van der Waals surface area contributed by atoms with Gasteiger partial charge in [-0.15, -0.1) is 0 Å². The molecular weight excluding hydrogens is 380 g/mol. The van der Waals surface area contributed by atoms with Crippen molar-refractivity contribution in [3.05, 3.63) is 60.2 Å². The van der Waals surface area contributed by atoms with Crippen LogP contribution in [0.15, 0.2) is 48.9 Å². The fourth-order valence-electron chi connectivity index (χ4n) is 4.17. The second-order valence-corrected chi connectivity index (χ2v) is 7.39. The van der Waals surface area contributed by atoms with E-state index < -0.39 is 0 Å². The van der Waals surface area contributed by atoms with Crippen molar-refractivity contribution in [1.29, 1.82) is 0 Å². The Kier molecular flexibility index (Phi) is 5.70. The second kappa shape index (κ2) is 8.57. The van der Waals surface area contributed by atoms with Gasteiger partial charge in [0, 0.05) is 37.7 Å². The van der Waals surface area contributed by atoms with E-state index in [9.17, 15) is 4.79 Å². The molecule has 0 bridgehead atoms. The van der Waals surface area contributed by atoms with Crippen LogP contribution < -0.4 is 9.47 Å². The number of carbonyl (C=O) groups is 1. The number of aromatic nitrogens is 3. The summed E-state index contributed by atoms with van der Waals surface area (Å²) in [6.07, 6.45) is 8.41. The lowest BCUT2D eigenvalue weighted by molar-refractivity contribution is 0.0599. The molecule has 3 heterocycles. The standard InChI is InChI=1S/C23H26N4O3/c1-26-15-17(16-10-12-24-13-11-16)22(25-26)18-7-4-5-14-27(18)23(28)21-19(29-2)8-6-9-20(21)30-3/h6,8-13,15,18H,4-5,7,14H2,1-3H3. The average Bonchev–Trinajstić information content (AvgIpc) is 3.20. The molecule has 7 heteroatoms. The zero-order chi connectivity index (χ0) is 21.1. The normalized spacial score (nSPS) is 16.4. The second-order valence-electron chi connectivity index (χ2n) is 7.39. The van der Waals surface area contributed by atoms with Gasteiger partial charge in [-0.05, 0) is 49.1 Å². The fraction of sp³-hybridized carbons (Fsp3) is 0.348. The molecule has 7 nitrogen and oxygen atoms in total. The zero-order valence-electron chi connectivity index (χ0n) is 17.5. The van der Waals surface area contributed by atoms with Gasteiger partial charge in [0.2, 0.25) is 0 Å². The number of likely N-dealkylation sites (tertiary alicyclic amines) is 1. The number of carbonyl (C=O) groups excluding carboxylic acids is 1. The Hall–Kier alpha value is -3.35. The Morgan fingerprint density at radius 2 is 1.77 bits per heavy atom. The number of nitrogens with zero attached hydrogens (tertiary/aromatic N) is 4. The predicted octanol–water partition coefficient (Wildman–Crippen LogP) is 3.87. The summed E-state index contributed by atoms with van der Waals surface area (Å²) >= 11 is 0. The maximum atomic E-state index is 13.7. The molecule has 1 aromatic carbocycles. The molecule has 0 N–H and O–H groups in total. The maximum absolute atomic E-state index is 13.7. The minimum atomic E-state index is -0.120. The van der Waals surface area contributed by atoms with Crippen molar-refractivity contribution in [2.75, 3.05) is 20.8 Å². The van der Waals surface area contributed by atoms with E-state index in [4.69, 9.17) is 14.6 Å². The Bertz CT molecular complexity index is 1010. The molecule has 1 amide bonds. The van der Waals surface area contributed by atoms with Crippen LogP contribution in [0.5, 0.6) is 11.5 Å². The van der Waals surface area contributed by atoms with Gasteiger partial charge in [0.05, 0.1) is 26.0 Å². The lowest BCUT2D eigenvalue weighted by Crippen LogP contribution is -2.39. The number of piperidine rings is 1. The number of pyridine rings is 1. The molecule has 1 unspecified atom stereocenters. The molecule has 1 fully saturated rings. The summed E-state index contributed by atoms with van der Waals surface area (Å²) in [7, 11) is 5.05. The molecule has 30 heavy (non-hydrogen) atoms. The predicted molar refractivity (Wildman–Crippen MR) is 114 cm³/mol. The molecule has 1 saturated heterocycles. The van der Waals surface area contributed by atoms with Crippen LogP contribution in [0.1, 0.15) is 41.4 Å². The van der Waals surface area contributed by atoms with E-state index in [-0.39, 0.29) is 11.9 Å². The molecule has 0 aliphatic carbocycles. The molecule has 0 radical (unpaired) electrons. The molecule has 3 aromatic rings. The summed E-state index contributed by atoms with van der Waals surface area (Å²) < 4.78 is 12.8. The smallest absolute Gasteiger partial charge is 0.261 e. The summed E-state index contributed by atoms with van der Waals surface area (Å²) in [5.74, 6) is 0.929. The maximum Gasteiger partial charge on any atom is 0.261 e. The minimum Gasteiger partial charge on any atom is -0.496 e. The van der Waals surface area contributed by atoms with E-state index in [1.807, 2.05) is 41.0 Å². The van der Waals surface area contributed by atoms with E-state index in [1.54, 1.807) is 38.7 Å². The third-order valence-corrected chi connectivity index (χ3v) is 5.57. The molecule has 1 aliphatic rings. The van der Waals surface area contributed by atoms with Crippen LogP contribution in [-0.4, -0.2) is 46.3 Å². The van der Waals surface area contributed by atoms with E-state index in [2.05, 4.69) is 4.98 Å². The number of hydrogen-bond donors (Lipinski definition) is 0. The number of rotatable bonds is 5. The van der Waals surface area contributed by atoms with Crippen LogP contribution in [0.2, 0.25) is 0 Å². The van der Waals surface area contributed by atoms with Crippen LogP contribution in [0.25, 0.3) is 11.1 Å². The largest absolute Gasteiger partial charge is 0.496 e. The highest BCUT2D eigenvalue weighted by atomic mass is 16.5. The first-order valence-corrected chi connectivity index (χ1v) is 10.1. The highest BCUT2D eigenvalue weighted by Crippen LogP contribution is 2.39. The monoisotopic (exact) mass is 406 g/mol. The number of benzene rings is 1. The Balaban J connectivity index is 1.77. The lowest BCUT2D eigenvalue weighted by Gasteiger charge is -2.36. The molecule has 156 valence electrons. The van der Waals surface area contributed by atoms with E-state index >= 15 is 0 Å². The first-order valence-electron chi connectivity index (χ1n) is 10.1. The number of aryl methyl sites for hydroxylation is 1. The minimum absolute atomic E-state index is 0.0969. The van der Waals surface area contributed by atoms with Crippen molar-refractivity contribution >= 4 is 5.91 Å². The summed E-state index contributed by atoms with van der Waals surface area (Å²) in [5, 5.41) is 4.76. The Morgan fingerprint density at radius 3 is 2.43 bits per heavy atom. The van der Waals surface area contributed by atoms with Crippen molar-refractivity contribution in [1.82, 2.24) is 19.7 Å². The van der Waals surface area contributed by atoms with Gasteiger partial charge in [-0.25, -0.2) is 0 Å². The summed E-state index contributed by atoms with van der Waals surface area (Å²) in [6, 6.07) is 9.22. The molecular formula is C23H26N4O3. The molecule has 4 rings (SSSR count). The van der Waals surface area contributed by atoms with Gasteiger partial charge in [0.25, 0.3) is 5.91 Å². The number of ether oxygens (including phenoxy) is 2. The summed E-state index contributed by atoms with van der Waals surface area (Å²) in [5.41, 5.74) is 3.43. The summed E-state index contributed by atoms with van der Waals surface area (Å²) in [4.78, 5) is 19.8. The van der Waals surface area contributed by atoms with Gasteiger partial charge in [-0.1, -0.05) is 6.07 Å². The van der Waals surface area contributed by atoms with Gasteiger partial charge in [-0.3, -0.25) is 14.5 Å². The van der Waals surface area contributed by atoms with Gasteiger partial charge in [0.1, 0.15) is 17.1 Å². The van der Waals surface area contributed by atoms with Crippen LogP contribution in [0, 0.1) is 0 Å². The summed E-state index contributed by atoms with van der Waals surface area (Å²) in [6.45, 7) is 0.664.